The van der Waals surface area contributed by atoms with E-state index in [2.05, 4.69) is 4.99 Å². The fraction of sp³-hybridized carbons (Fsp3) is 0.0556. The molecule has 0 unspecified atom stereocenters. The number of aliphatic hydroxyl groups excluding tert-OH is 1. The molecule has 0 atom stereocenters. The molecule has 104 valence electrons. The van der Waals surface area contributed by atoms with Crippen molar-refractivity contribution >= 4 is 22.7 Å². The first-order chi connectivity index (χ1) is 10.3. The molecule has 2 N–H and O–H groups in total. The lowest BCUT2D eigenvalue weighted by molar-refractivity contribution is 0.282. The van der Waals surface area contributed by atoms with Crippen LogP contribution < -0.4 is 0 Å². The van der Waals surface area contributed by atoms with E-state index in [4.69, 9.17) is 0 Å². The zero-order chi connectivity index (χ0) is 14.7. The Morgan fingerprint density at radius 2 is 1.57 bits per heavy atom. The van der Waals surface area contributed by atoms with E-state index in [0.29, 0.717) is 11.3 Å². The van der Waals surface area contributed by atoms with Crippen LogP contribution >= 0.6 is 0 Å². The molecule has 3 rings (SSSR count). The normalized spacial score (nSPS) is 11.3. The van der Waals surface area contributed by atoms with E-state index in [1.807, 2.05) is 42.5 Å². The van der Waals surface area contributed by atoms with Gasteiger partial charge in [-0.3, -0.25) is 4.99 Å². The highest BCUT2D eigenvalue weighted by atomic mass is 16.3. The number of rotatable bonds is 3. The lowest BCUT2D eigenvalue weighted by Gasteiger charge is -2.06. The van der Waals surface area contributed by atoms with Gasteiger partial charge in [-0.05, 0) is 35.0 Å². The fourth-order valence-corrected chi connectivity index (χ4v) is 2.26. The van der Waals surface area contributed by atoms with Crippen LogP contribution in [0.25, 0.3) is 10.8 Å². The minimum Gasteiger partial charge on any atom is -0.507 e. The first-order valence-corrected chi connectivity index (χ1v) is 6.72. The van der Waals surface area contributed by atoms with Crippen LogP contribution in [0, 0.1) is 0 Å². The van der Waals surface area contributed by atoms with E-state index >= 15 is 0 Å². The second-order valence-corrected chi connectivity index (χ2v) is 4.80. The molecule has 3 heteroatoms. The van der Waals surface area contributed by atoms with Crippen LogP contribution in [0.3, 0.4) is 0 Å². The lowest BCUT2D eigenvalue weighted by Crippen LogP contribution is -1.87. The monoisotopic (exact) mass is 277 g/mol. The molecular formula is C18H15NO2. The van der Waals surface area contributed by atoms with E-state index in [0.717, 1.165) is 16.3 Å². The Morgan fingerprint density at radius 3 is 2.29 bits per heavy atom. The van der Waals surface area contributed by atoms with Gasteiger partial charge in [0.05, 0.1) is 12.3 Å². The number of phenolic OH excluding ortho intramolecular Hbond substituents is 1. The minimum atomic E-state index is -0.0712. The number of aliphatic hydroxyl groups is 1. The fourth-order valence-electron chi connectivity index (χ4n) is 2.26. The number of nitrogens with zero attached hydrogens (tertiary/aromatic N) is 1. The smallest absolute Gasteiger partial charge is 0.124 e. The van der Waals surface area contributed by atoms with Crippen LogP contribution in [-0.2, 0) is 6.61 Å². The second kappa shape index (κ2) is 5.77. The largest absolute Gasteiger partial charge is 0.507 e. The summed E-state index contributed by atoms with van der Waals surface area (Å²) in [5.74, 6) is 0.188. The molecule has 0 spiro atoms. The Balaban J connectivity index is 2.05. The number of benzene rings is 3. The van der Waals surface area contributed by atoms with Crippen molar-refractivity contribution in [1.82, 2.24) is 0 Å². The topological polar surface area (TPSA) is 52.8 Å². The molecule has 0 heterocycles. The number of aromatic hydroxyl groups is 1. The summed E-state index contributed by atoms with van der Waals surface area (Å²) < 4.78 is 0. The van der Waals surface area contributed by atoms with E-state index in [1.54, 1.807) is 24.4 Å². The first-order valence-electron chi connectivity index (χ1n) is 6.72. The standard InChI is InChI=1S/C18H15NO2/c20-12-16-9-13-5-1-2-6-14(13)10-17(16)19-11-15-7-3-4-8-18(15)21/h1-11,20-21H,12H2. The highest BCUT2D eigenvalue weighted by Gasteiger charge is 2.03. The average Bonchev–Trinajstić information content (AvgIpc) is 2.53. The number of phenols is 1. The summed E-state index contributed by atoms with van der Waals surface area (Å²) in [5, 5.41) is 21.4. The van der Waals surface area contributed by atoms with Gasteiger partial charge in [-0.15, -0.1) is 0 Å². The number of aliphatic imine (C=N–C) groups is 1. The van der Waals surface area contributed by atoms with Gasteiger partial charge >= 0.3 is 0 Å². The molecule has 0 aliphatic heterocycles. The van der Waals surface area contributed by atoms with E-state index in [9.17, 15) is 10.2 Å². The molecule has 0 aliphatic carbocycles. The summed E-state index contributed by atoms with van der Waals surface area (Å²) in [6.07, 6.45) is 1.61. The Kier molecular flexibility index (Phi) is 3.67. The van der Waals surface area contributed by atoms with Crippen LogP contribution in [0.15, 0.2) is 65.7 Å². The maximum absolute atomic E-state index is 9.75. The van der Waals surface area contributed by atoms with Gasteiger partial charge in [-0.2, -0.15) is 0 Å². The Hall–Kier alpha value is -2.65. The highest BCUT2D eigenvalue weighted by Crippen LogP contribution is 2.27. The molecule has 0 saturated heterocycles. The van der Waals surface area contributed by atoms with Crippen molar-refractivity contribution in [2.24, 2.45) is 4.99 Å². The molecule has 3 aromatic rings. The van der Waals surface area contributed by atoms with Gasteiger partial charge in [0.15, 0.2) is 0 Å². The van der Waals surface area contributed by atoms with Crippen LogP contribution in [0.2, 0.25) is 0 Å². The molecule has 0 saturated carbocycles. The zero-order valence-electron chi connectivity index (χ0n) is 11.4. The molecular weight excluding hydrogens is 262 g/mol. The molecule has 0 amide bonds. The van der Waals surface area contributed by atoms with Crippen molar-refractivity contribution in [1.29, 1.82) is 0 Å². The Labute approximate surface area is 122 Å². The van der Waals surface area contributed by atoms with Gasteiger partial charge in [0.1, 0.15) is 5.75 Å². The van der Waals surface area contributed by atoms with Crippen LogP contribution in [-0.4, -0.2) is 16.4 Å². The Morgan fingerprint density at radius 1 is 0.905 bits per heavy atom. The number of fused-ring (bicyclic) bond motifs is 1. The van der Waals surface area contributed by atoms with Crippen LogP contribution in [0.1, 0.15) is 11.1 Å². The van der Waals surface area contributed by atoms with Gasteiger partial charge in [-0.25, -0.2) is 0 Å². The maximum atomic E-state index is 9.75. The summed E-state index contributed by atoms with van der Waals surface area (Å²) in [6, 6.07) is 18.8. The Bertz CT molecular complexity index is 809. The third kappa shape index (κ3) is 2.78. The highest BCUT2D eigenvalue weighted by molar-refractivity contribution is 5.90. The van der Waals surface area contributed by atoms with Gasteiger partial charge < -0.3 is 10.2 Å². The molecule has 0 aromatic heterocycles. The van der Waals surface area contributed by atoms with Crippen molar-refractivity contribution < 1.29 is 10.2 Å². The quantitative estimate of drug-likeness (QED) is 0.716. The van der Waals surface area contributed by atoms with Gasteiger partial charge in [-0.1, -0.05) is 36.4 Å². The molecule has 0 aliphatic rings. The van der Waals surface area contributed by atoms with Crippen molar-refractivity contribution in [3.05, 3.63) is 71.8 Å². The molecule has 3 aromatic carbocycles. The zero-order valence-corrected chi connectivity index (χ0v) is 11.4. The summed E-state index contributed by atoms with van der Waals surface area (Å²) in [6.45, 7) is -0.0712. The summed E-state index contributed by atoms with van der Waals surface area (Å²) in [5.41, 5.74) is 2.12. The van der Waals surface area contributed by atoms with Gasteiger partial charge in [0.25, 0.3) is 0 Å². The van der Waals surface area contributed by atoms with Crippen molar-refractivity contribution in [2.45, 2.75) is 6.61 Å². The summed E-state index contributed by atoms with van der Waals surface area (Å²) in [7, 11) is 0. The predicted molar refractivity (Wildman–Crippen MR) is 85.2 cm³/mol. The summed E-state index contributed by atoms with van der Waals surface area (Å²) >= 11 is 0. The van der Waals surface area contributed by atoms with Crippen LogP contribution in [0.5, 0.6) is 5.75 Å². The number of hydrogen-bond donors (Lipinski definition) is 2. The van der Waals surface area contributed by atoms with Crippen LogP contribution in [0.4, 0.5) is 5.69 Å². The van der Waals surface area contributed by atoms with E-state index < -0.39 is 0 Å². The van der Waals surface area contributed by atoms with Crippen molar-refractivity contribution in [3.8, 4) is 5.75 Å². The van der Waals surface area contributed by atoms with E-state index in [-0.39, 0.29) is 12.4 Å². The van der Waals surface area contributed by atoms with E-state index in [1.165, 1.54) is 0 Å². The third-order valence-corrected chi connectivity index (χ3v) is 3.40. The predicted octanol–water partition coefficient (Wildman–Crippen LogP) is 3.79. The molecule has 0 fully saturated rings. The SMILES string of the molecule is OCc1cc2ccccc2cc1N=Cc1ccccc1O. The van der Waals surface area contributed by atoms with Gasteiger partial charge in [0.2, 0.25) is 0 Å². The number of para-hydroxylation sites is 1. The summed E-state index contributed by atoms with van der Waals surface area (Å²) in [4.78, 5) is 4.41. The average molecular weight is 277 g/mol. The molecule has 3 nitrogen and oxygen atoms in total. The van der Waals surface area contributed by atoms with Crippen molar-refractivity contribution in [3.63, 3.8) is 0 Å². The first kappa shape index (κ1) is 13.3. The minimum absolute atomic E-state index is 0.0712. The molecule has 21 heavy (non-hydrogen) atoms. The van der Waals surface area contributed by atoms with Crippen molar-refractivity contribution in [2.75, 3.05) is 0 Å². The maximum Gasteiger partial charge on any atom is 0.124 e. The third-order valence-electron chi connectivity index (χ3n) is 3.40. The lowest BCUT2D eigenvalue weighted by atomic mass is 10.1. The van der Waals surface area contributed by atoms with Gasteiger partial charge in [0, 0.05) is 17.3 Å². The number of hydrogen-bond acceptors (Lipinski definition) is 3. The molecule has 0 bridgehead atoms. The second-order valence-electron chi connectivity index (χ2n) is 4.80. The molecule has 0 radical (unpaired) electrons.